The van der Waals surface area contributed by atoms with E-state index in [2.05, 4.69) is 10.3 Å². The highest BCUT2D eigenvalue weighted by atomic mass is 16.6. The van der Waals surface area contributed by atoms with Crippen LogP contribution in [-0.4, -0.2) is 27.6 Å². The van der Waals surface area contributed by atoms with E-state index in [1.165, 1.54) is 6.33 Å². The lowest BCUT2D eigenvalue weighted by Gasteiger charge is -2.05. The van der Waals surface area contributed by atoms with Gasteiger partial charge in [0.2, 0.25) is 12.1 Å². The molecule has 0 saturated carbocycles. The van der Waals surface area contributed by atoms with E-state index in [9.17, 15) is 10.1 Å². The molecule has 0 aromatic carbocycles. The van der Waals surface area contributed by atoms with Crippen molar-refractivity contribution in [1.29, 1.82) is 0 Å². The topological polar surface area (TPSA) is 99.0 Å². The van der Waals surface area contributed by atoms with Crippen molar-refractivity contribution < 1.29 is 4.92 Å². The van der Waals surface area contributed by atoms with Crippen LogP contribution in [0.1, 0.15) is 12.8 Å². The Kier molecular flexibility index (Phi) is 4.04. The number of nitrogens with two attached hydrogens (primary N) is 1. The fraction of sp³-hybridized carbons (Fsp3) is 0.625. The van der Waals surface area contributed by atoms with Crippen LogP contribution in [0.5, 0.6) is 0 Å². The Morgan fingerprint density at radius 3 is 3.00 bits per heavy atom. The van der Waals surface area contributed by atoms with Crippen molar-refractivity contribution in [3.63, 3.8) is 0 Å². The molecular weight excluding hydrogens is 198 g/mol. The predicted octanol–water partition coefficient (Wildman–Crippen LogP) is 0.479. The highest BCUT2D eigenvalue weighted by molar-refractivity contribution is 5.51. The average Bonchev–Trinajstić information content (AvgIpc) is 2.55. The Hall–Kier alpha value is -1.63. The number of nitrogens with one attached hydrogen (secondary N) is 1. The number of unbranched alkanes of at least 4 members (excludes halogenated alkanes) is 1. The molecule has 0 radical (unpaired) electrons. The van der Waals surface area contributed by atoms with Gasteiger partial charge in [-0.2, -0.15) is 0 Å². The predicted molar refractivity (Wildman–Crippen MR) is 56.6 cm³/mol. The van der Waals surface area contributed by atoms with Gasteiger partial charge < -0.3 is 21.2 Å². The second-order valence-electron chi connectivity index (χ2n) is 3.21. The van der Waals surface area contributed by atoms with E-state index in [4.69, 9.17) is 5.73 Å². The number of imidazole rings is 1. The van der Waals surface area contributed by atoms with Crippen molar-refractivity contribution in [2.45, 2.75) is 12.8 Å². The molecule has 1 rings (SSSR count). The maximum Gasteiger partial charge on any atom is 0.406 e. The molecule has 0 unspecified atom stereocenters. The number of anilines is 1. The van der Waals surface area contributed by atoms with E-state index >= 15 is 0 Å². The summed E-state index contributed by atoms with van der Waals surface area (Å²) in [7, 11) is 1.71. The number of hydrogen-bond donors (Lipinski definition) is 2. The second-order valence-corrected chi connectivity index (χ2v) is 3.21. The Morgan fingerprint density at radius 1 is 1.67 bits per heavy atom. The zero-order valence-electron chi connectivity index (χ0n) is 8.64. The van der Waals surface area contributed by atoms with Gasteiger partial charge in [-0.15, -0.1) is 0 Å². The molecule has 0 saturated heterocycles. The first kappa shape index (κ1) is 11.4. The van der Waals surface area contributed by atoms with Crippen LogP contribution in [-0.2, 0) is 7.05 Å². The van der Waals surface area contributed by atoms with Gasteiger partial charge in [0.1, 0.15) is 0 Å². The summed E-state index contributed by atoms with van der Waals surface area (Å²) in [5, 5.41) is 13.6. The summed E-state index contributed by atoms with van der Waals surface area (Å²) < 4.78 is 1.60. The number of aryl methyl sites for hydroxylation is 1. The average molecular weight is 213 g/mol. The van der Waals surface area contributed by atoms with E-state index < -0.39 is 4.92 Å². The van der Waals surface area contributed by atoms with Gasteiger partial charge >= 0.3 is 5.82 Å². The van der Waals surface area contributed by atoms with E-state index in [0.29, 0.717) is 18.9 Å². The molecule has 7 heteroatoms. The molecular formula is C8H15N5O2. The summed E-state index contributed by atoms with van der Waals surface area (Å²) >= 11 is 0. The molecule has 1 aromatic heterocycles. The maximum absolute atomic E-state index is 10.6. The lowest BCUT2D eigenvalue weighted by Crippen LogP contribution is -2.09. The summed E-state index contributed by atoms with van der Waals surface area (Å²) in [6, 6.07) is 0. The van der Waals surface area contributed by atoms with Crippen LogP contribution in [0.2, 0.25) is 0 Å². The minimum absolute atomic E-state index is 0.134. The molecule has 3 N–H and O–H groups in total. The first-order valence-electron chi connectivity index (χ1n) is 4.76. The van der Waals surface area contributed by atoms with E-state index in [-0.39, 0.29) is 5.82 Å². The summed E-state index contributed by atoms with van der Waals surface area (Å²) in [6.45, 7) is 1.30. The molecule has 0 amide bonds. The molecule has 0 aliphatic rings. The van der Waals surface area contributed by atoms with Crippen molar-refractivity contribution in [2.24, 2.45) is 12.8 Å². The summed E-state index contributed by atoms with van der Waals surface area (Å²) in [4.78, 5) is 13.8. The van der Waals surface area contributed by atoms with Crippen molar-refractivity contribution in [2.75, 3.05) is 18.4 Å². The molecule has 0 fully saturated rings. The standard InChI is InChI=1S/C8H15N5O2/c1-12-6-11-8(13(14)15)7(12)10-5-3-2-4-9/h6,10H,2-5,9H2,1H3. The summed E-state index contributed by atoms with van der Waals surface area (Å²) in [6.07, 6.45) is 3.21. The highest BCUT2D eigenvalue weighted by Gasteiger charge is 2.18. The Balaban J connectivity index is 2.58. The maximum atomic E-state index is 10.6. The fourth-order valence-electron chi connectivity index (χ4n) is 1.23. The highest BCUT2D eigenvalue weighted by Crippen LogP contribution is 2.20. The third-order valence-electron chi connectivity index (χ3n) is 2.01. The molecule has 84 valence electrons. The van der Waals surface area contributed by atoms with Gasteiger partial charge in [-0.05, 0) is 29.3 Å². The van der Waals surface area contributed by atoms with Gasteiger partial charge in [0.25, 0.3) is 0 Å². The third-order valence-corrected chi connectivity index (χ3v) is 2.01. The van der Waals surface area contributed by atoms with Gasteiger partial charge in [0.05, 0.1) is 0 Å². The number of aromatic nitrogens is 2. The van der Waals surface area contributed by atoms with Crippen LogP contribution < -0.4 is 11.1 Å². The van der Waals surface area contributed by atoms with Crippen LogP contribution in [0.25, 0.3) is 0 Å². The first-order valence-corrected chi connectivity index (χ1v) is 4.76. The van der Waals surface area contributed by atoms with Crippen molar-refractivity contribution >= 4 is 11.6 Å². The molecule has 0 aliphatic heterocycles. The normalized spacial score (nSPS) is 10.3. The molecule has 15 heavy (non-hydrogen) atoms. The van der Waals surface area contributed by atoms with Crippen LogP contribution in [0.3, 0.4) is 0 Å². The van der Waals surface area contributed by atoms with E-state index in [0.717, 1.165) is 12.8 Å². The van der Waals surface area contributed by atoms with Crippen molar-refractivity contribution in [3.8, 4) is 0 Å². The molecule has 1 heterocycles. The summed E-state index contributed by atoms with van der Waals surface area (Å²) in [5.41, 5.74) is 5.34. The first-order chi connectivity index (χ1) is 7.16. The number of rotatable bonds is 6. The lowest BCUT2D eigenvalue weighted by molar-refractivity contribution is -0.388. The Bertz CT molecular complexity index is 336. The van der Waals surface area contributed by atoms with Crippen LogP contribution in [0.4, 0.5) is 11.6 Å². The number of hydrogen-bond acceptors (Lipinski definition) is 5. The van der Waals surface area contributed by atoms with Crippen molar-refractivity contribution in [3.05, 3.63) is 16.4 Å². The zero-order chi connectivity index (χ0) is 11.3. The zero-order valence-corrected chi connectivity index (χ0v) is 8.64. The Morgan fingerprint density at radius 2 is 2.40 bits per heavy atom. The van der Waals surface area contributed by atoms with Gasteiger partial charge in [0.15, 0.2) is 0 Å². The molecule has 0 bridgehead atoms. The Labute approximate surface area is 87.4 Å². The number of nitrogens with zero attached hydrogens (tertiary/aromatic N) is 3. The van der Waals surface area contributed by atoms with Gasteiger partial charge in [-0.1, -0.05) is 0 Å². The van der Waals surface area contributed by atoms with E-state index in [1.807, 2.05) is 0 Å². The molecule has 0 aliphatic carbocycles. The van der Waals surface area contributed by atoms with Gasteiger partial charge in [-0.3, -0.25) is 4.57 Å². The lowest BCUT2D eigenvalue weighted by atomic mass is 10.3. The SMILES string of the molecule is Cn1cnc([N+](=O)[O-])c1NCCCCN. The molecule has 0 atom stereocenters. The quantitative estimate of drug-likeness (QED) is 0.406. The largest absolute Gasteiger partial charge is 0.406 e. The third kappa shape index (κ3) is 2.91. The fourth-order valence-corrected chi connectivity index (χ4v) is 1.23. The van der Waals surface area contributed by atoms with Gasteiger partial charge in [-0.25, -0.2) is 0 Å². The minimum atomic E-state index is -0.495. The molecule has 1 aromatic rings. The molecule has 7 nitrogen and oxygen atoms in total. The monoisotopic (exact) mass is 213 g/mol. The van der Waals surface area contributed by atoms with E-state index in [1.54, 1.807) is 11.6 Å². The minimum Gasteiger partial charge on any atom is -0.364 e. The number of nitro groups is 1. The van der Waals surface area contributed by atoms with Crippen molar-refractivity contribution in [1.82, 2.24) is 9.55 Å². The van der Waals surface area contributed by atoms with Crippen LogP contribution in [0, 0.1) is 10.1 Å². The second kappa shape index (κ2) is 5.30. The van der Waals surface area contributed by atoms with Gasteiger partial charge in [0, 0.05) is 13.6 Å². The smallest absolute Gasteiger partial charge is 0.364 e. The van der Waals surface area contributed by atoms with Crippen LogP contribution in [0.15, 0.2) is 6.33 Å². The van der Waals surface area contributed by atoms with Crippen LogP contribution >= 0.6 is 0 Å². The summed E-state index contributed by atoms with van der Waals surface area (Å²) in [5.74, 6) is 0.308. The molecule has 0 spiro atoms.